The first kappa shape index (κ1) is 14.9. The predicted molar refractivity (Wildman–Crippen MR) is 98.4 cm³/mol. The second-order valence-corrected chi connectivity index (χ2v) is 5.56. The number of nitrogens with zero attached hydrogens (tertiary/aromatic N) is 4. The van der Waals surface area contributed by atoms with Crippen LogP contribution in [0.1, 0.15) is 11.3 Å². The van der Waals surface area contributed by atoms with Crippen molar-refractivity contribution in [2.45, 2.75) is 0 Å². The molecule has 4 aromatic rings. The first-order chi connectivity index (χ1) is 12.2. The lowest BCUT2D eigenvalue weighted by atomic mass is 10.2. The Bertz CT molecular complexity index is 1110. The second kappa shape index (κ2) is 6.09. The highest BCUT2D eigenvalue weighted by molar-refractivity contribution is 5.68. The third-order valence-electron chi connectivity index (χ3n) is 3.81. The van der Waals surface area contributed by atoms with Gasteiger partial charge < -0.3 is 5.73 Å². The van der Waals surface area contributed by atoms with Crippen molar-refractivity contribution in [3.05, 3.63) is 88.7 Å². The second-order valence-electron chi connectivity index (χ2n) is 5.56. The van der Waals surface area contributed by atoms with Crippen molar-refractivity contribution in [3.63, 3.8) is 0 Å². The molecule has 0 aliphatic rings. The molecule has 6 nitrogen and oxygen atoms in total. The summed E-state index contributed by atoms with van der Waals surface area (Å²) in [6, 6.07) is 14.4. The van der Waals surface area contributed by atoms with Gasteiger partial charge in [-0.25, -0.2) is 4.98 Å². The van der Waals surface area contributed by atoms with Gasteiger partial charge in [0.25, 0.3) is 5.56 Å². The normalized spacial score (nSPS) is 11.4. The first-order valence-corrected chi connectivity index (χ1v) is 7.76. The Balaban J connectivity index is 1.76. The molecule has 6 heteroatoms. The smallest absolute Gasteiger partial charge is 0.273 e. The van der Waals surface area contributed by atoms with Crippen molar-refractivity contribution in [2.24, 2.45) is 0 Å². The Morgan fingerprint density at radius 1 is 1.04 bits per heavy atom. The maximum Gasteiger partial charge on any atom is 0.273 e. The molecular formula is C19H15N5O. The average Bonchev–Trinajstić information content (AvgIpc) is 3.06. The summed E-state index contributed by atoms with van der Waals surface area (Å²) in [4.78, 5) is 21.1. The van der Waals surface area contributed by atoms with Crippen LogP contribution < -0.4 is 11.3 Å². The number of fused-ring (bicyclic) bond motifs is 1. The summed E-state index contributed by atoms with van der Waals surface area (Å²) in [7, 11) is 0. The number of pyridine rings is 1. The van der Waals surface area contributed by atoms with Gasteiger partial charge in [-0.2, -0.15) is 4.52 Å². The highest BCUT2D eigenvalue weighted by Gasteiger charge is 2.07. The molecule has 0 unspecified atom stereocenters. The van der Waals surface area contributed by atoms with Gasteiger partial charge in [-0.1, -0.05) is 12.1 Å². The molecule has 0 aliphatic carbocycles. The van der Waals surface area contributed by atoms with Crippen LogP contribution in [0.2, 0.25) is 0 Å². The zero-order valence-electron chi connectivity index (χ0n) is 13.3. The number of hydrogen-bond donors (Lipinski definition) is 1. The van der Waals surface area contributed by atoms with Crippen LogP contribution in [-0.2, 0) is 0 Å². The Morgan fingerprint density at radius 3 is 2.64 bits per heavy atom. The highest BCUT2D eigenvalue weighted by Crippen LogP contribution is 2.13. The van der Waals surface area contributed by atoms with Crippen LogP contribution in [0.3, 0.4) is 0 Å². The van der Waals surface area contributed by atoms with Crippen LogP contribution in [0.4, 0.5) is 5.69 Å². The molecule has 0 aliphatic heterocycles. The van der Waals surface area contributed by atoms with Crippen LogP contribution in [-0.4, -0.2) is 19.2 Å². The van der Waals surface area contributed by atoms with Gasteiger partial charge in [0.05, 0.1) is 11.4 Å². The Hall–Kier alpha value is -3.67. The average molecular weight is 329 g/mol. The first-order valence-electron chi connectivity index (χ1n) is 7.76. The van der Waals surface area contributed by atoms with Gasteiger partial charge >= 0.3 is 0 Å². The molecule has 0 bridgehead atoms. The molecule has 0 atom stereocenters. The molecule has 0 amide bonds. The number of aromatic nitrogens is 4. The summed E-state index contributed by atoms with van der Waals surface area (Å²) in [5.41, 5.74) is 9.21. The van der Waals surface area contributed by atoms with E-state index >= 15 is 0 Å². The molecule has 122 valence electrons. The Labute approximate surface area is 143 Å². The minimum absolute atomic E-state index is 0.155. The zero-order valence-corrected chi connectivity index (χ0v) is 13.3. The third-order valence-corrected chi connectivity index (χ3v) is 3.81. The highest BCUT2D eigenvalue weighted by atomic mass is 16.1. The van der Waals surface area contributed by atoms with Gasteiger partial charge in [0.15, 0.2) is 5.65 Å². The molecule has 0 spiro atoms. The van der Waals surface area contributed by atoms with Crippen molar-refractivity contribution >= 4 is 23.5 Å². The number of benzene rings is 1. The monoisotopic (exact) mass is 329 g/mol. The van der Waals surface area contributed by atoms with Crippen LogP contribution in [0, 0.1) is 0 Å². The SMILES string of the molecule is Nc1ccc(-n2ccc3nc(C=Cc4cccnc4)cc(=O)n32)cc1. The fourth-order valence-electron chi connectivity index (χ4n) is 2.61. The van der Waals surface area contributed by atoms with Gasteiger partial charge in [-0.15, -0.1) is 0 Å². The molecular weight excluding hydrogens is 314 g/mol. The maximum atomic E-state index is 12.6. The van der Waals surface area contributed by atoms with Gasteiger partial charge in [0, 0.05) is 36.4 Å². The summed E-state index contributed by atoms with van der Waals surface area (Å²) in [5, 5.41) is 0. The summed E-state index contributed by atoms with van der Waals surface area (Å²) < 4.78 is 3.27. The molecule has 1 aromatic carbocycles. The van der Waals surface area contributed by atoms with Crippen LogP contribution in [0.25, 0.3) is 23.5 Å². The molecule has 0 saturated heterocycles. The predicted octanol–water partition coefficient (Wildman–Crippen LogP) is 2.63. The molecule has 3 heterocycles. The third kappa shape index (κ3) is 2.92. The summed E-state index contributed by atoms with van der Waals surface area (Å²) in [5.74, 6) is 0. The van der Waals surface area contributed by atoms with E-state index in [9.17, 15) is 4.79 Å². The van der Waals surface area contributed by atoms with Gasteiger partial charge in [-0.3, -0.25) is 14.5 Å². The topological polar surface area (TPSA) is 78.2 Å². The Kier molecular flexibility index (Phi) is 3.63. The lowest BCUT2D eigenvalue weighted by Crippen LogP contribution is -2.19. The van der Waals surface area contributed by atoms with E-state index in [0.717, 1.165) is 11.3 Å². The minimum atomic E-state index is -0.155. The fourth-order valence-corrected chi connectivity index (χ4v) is 2.61. The lowest BCUT2D eigenvalue weighted by Gasteiger charge is -2.07. The van der Waals surface area contributed by atoms with Gasteiger partial charge in [0.1, 0.15) is 0 Å². The van der Waals surface area contributed by atoms with Crippen LogP contribution in [0.5, 0.6) is 0 Å². The zero-order chi connectivity index (χ0) is 17.2. The number of anilines is 1. The van der Waals surface area contributed by atoms with E-state index in [4.69, 9.17) is 5.73 Å². The maximum absolute atomic E-state index is 12.6. The van der Waals surface area contributed by atoms with Crippen molar-refractivity contribution in [1.82, 2.24) is 19.2 Å². The van der Waals surface area contributed by atoms with Crippen molar-refractivity contribution in [1.29, 1.82) is 0 Å². The molecule has 0 saturated carbocycles. The van der Waals surface area contributed by atoms with Crippen LogP contribution >= 0.6 is 0 Å². The van der Waals surface area contributed by atoms with Crippen molar-refractivity contribution in [3.8, 4) is 5.69 Å². The summed E-state index contributed by atoms with van der Waals surface area (Å²) in [6.45, 7) is 0. The molecule has 25 heavy (non-hydrogen) atoms. The molecule has 0 fully saturated rings. The standard InChI is InChI=1S/C19H15N5O/c20-15-4-7-17(8-5-15)23-11-9-18-22-16(12-19(25)24(18)23)6-3-14-2-1-10-21-13-14/h1-13H,20H2. The lowest BCUT2D eigenvalue weighted by molar-refractivity contribution is 0.763. The number of rotatable bonds is 3. The number of hydrogen-bond acceptors (Lipinski definition) is 4. The minimum Gasteiger partial charge on any atom is -0.399 e. The fraction of sp³-hybridized carbons (Fsp3) is 0. The summed E-state index contributed by atoms with van der Waals surface area (Å²) in [6.07, 6.45) is 8.96. The largest absolute Gasteiger partial charge is 0.399 e. The van der Waals surface area contributed by atoms with E-state index in [0.29, 0.717) is 17.0 Å². The van der Waals surface area contributed by atoms with Gasteiger partial charge in [0.2, 0.25) is 0 Å². The quantitative estimate of drug-likeness (QED) is 0.586. The van der Waals surface area contributed by atoms with Crippen molar-refractivity contribution < 1.29 is 0 Å². The van der Waals surface area contributed by atoms with E-state index in [1.54, 1.807) is 41.4 Å². The molecule has 0 radical (unpaired) electrons. The molecule has 3 aromatic heterocycles. The molecule has 4 rings (SSSR count). The van der Waals surface area contributed by atoms with E-state index in [1.165, 1.54) is 10.6 Å². The van der Waals surface area contributed by atoms with E-state index in [-0.39, 0.29) is 5.56 Å². The number of nitrogen functional groups attached to an aromatic ring is 1. The summed E-state index contributed by atoms with van der Waals surface area (Å²) >= 11 is 0. The van der Waals surface area contributed by atoms with Crippen molar-refractivity contribution in [2.75, 3.05) is 5.73 Å². The van der Waals surface area contributed by atoms with E-state index in [1.807, 2.05) is 36.5 Å². The van der Waals surface area contributed by atoms with Crippen LogP contribution in [0.15, 0.2) is 71.9 Å². The number of nitrogens with two attached hydrogens (primary N) is 1. The molecule has 2 N–H and O–H groups in total. The van der Waals surface area contributed by atoms with E-state index in [2.05, 4.69) is 9.97 Å². The Morgan fingerprint density at radius 2 is 1.88 bits per heavy atom. The van der Waals surface area contributed by atoms with Gasteiger partial charge in [-0.05, 0) is 42.0 Å². The van der Waals surface area contributed by atoms with E-state index < -0.39 is 0 Å².